The van der Waals surface area contributed by atoms with E-state index in [1.807, 2.05) is 54.6 Å². The lowest BCUT2D eigenvalue weighted by Gasteiger charge is -2.08. The van der Waals surface area contributed by atoms with E-state index >= 15 is 0 Å². The van der Waals surface area contributed by atoms with Crippen molar-refractivity contribution in [2.45, 2.75) is 13.8 Å². The summed E-state index contributed by atoms with van der Waals surface area (Å²) >= 11 is 0. The van der Waals surface area contributed by atoms with Crippen LogP contribution in [-0.4, -0.2) is 12.8 Å². The highest BCUT2D eigenvalue weighted by Crippen LogP contribution is 2.12. The van der Waals surface area contributed by atoms with Crippen LogP contribution < -0.4 is 10.2 Å². The normalized spacial score (nSPS) is 10.9. The standard InChI is InChI=1S/C17H20N2O/c1-14(2)13-20-17-10-8-15(9-11-17)12-18-19-16-6-4-3-5-7-16/h3-12,14,19H,13H2,1-2H3/b18-12-. The van der Waals surface area contributed by atoms with Crippen molar-refractivity contribution in [3.8, 4) is 5.75 Å². The lowest BCUT2D eigenvalue weighted by molar-refractivity contribution is 0.271. The molecule has 1 N–H and O–H groups in total. The quantitative estimate of drug-likeness (QED) is 0.630. The first-order chi connectivity index (χ1) is 9.74. The van der Waals surface area contributed by atoms with Crippen molar-refractivity contribution >= 4 is 11.9 Å². The maximum Gasteiger partial charge on any atom is 0.119 e. The molecule has 0 bridgehead atoms. The van der Waals surface area contributed by atoms with Gasteiger partial charge in [0.1, 0.15) is 5.75 Å². The molecule has 2 rings (SSSR count). The highest BCUT2D eigenvalue weighted by Gasteiger charge is 1.96. The Morgan fingerprint density at radius 2 is 1.75 bits per heavy atom. The van der Waals surface area contributed by atoms with Gasteiger partial charge in [-0.1, -0.05) is 32.0 Å². The zero-order chi connectivity index (χ0) is 14.2. The van der Waals surface area contributed by atoms with E-state index in [9.17, 15) is 0 Å². The molecule has 0 amide bonds. The van der Waals surface area contributed by atoms with Crippen LogP contribution in [0.15, 0.2) is 59.7 Å². The summed E-state index contributed by atoms with van der Waals surface area (Å²) in [5.41, 5.74) is 4.99. The molecule has 0 spiro atoms. The lowest BCUT2D eigenvalue weighted by Crippen LogP contribution is -2.04. The molecule has 0 aliphatic carbocycles. The van der Waals surface area contributed by atoms with Crippen LogP contribution in [-0.2, 0) is 0 Å². The number of hydrazone groups is 1. The van der Waals surface area contributed by atoms with E-state index in [2.05, 4.69) is 24.4 Å². The molecule has 3 nitrogen and oxygen atoms in total. The third kappa shape index (κ3) is 4.76. The second-order valence-electron chi connectivity index (χ2n) is 5.01. The molecule has 0 saturated carbocycles. The topological polar surface area (TPSA) is 33.6 Å². The number of anilines is 1. The summed E-state index contributed by atoms with van der Waals surface area (Å²) in [6.45, 7) is 5.01. The van der Waals surface area contributed by atoms with E-state index < -0.39 is 0 Å². The Hall–Kier alpha value is -2.29. The number of hydrogen-bond acceptors (Lipinski definition) is 3. The van der Waals surface area contributed by atoms with E-state index in [-0.39, 0.29) is 0 Å². The zero-order valence-corrected chi connectivity index (χ0v) is 11.9. The molecular formula is C17H20N2O. The van der Waals surface area contributed by atoms with Crippen LogP contribution >= 0.6 is 0 Å². The van der Waals surface area contributed by atoms with Gasteiger partial charge in [-0.2, -0.15) is 5.10 Å². The van der Waals surface area contributed by atoms with Gasteiger partial charge in [-0.15, -0.1) is 0 Å². The van der Waals surface area contributed by atoms with Crippen LogP contribution in [0.3, 0.4) is 0 Å². The van der Waals surface area contributed by atoms with Gasteiger partial charge < -0.3 is 4.74 Å². The molecule has 0 saturated heterocycles. The van der Waals surface area contributed by atoms with E-state index in [1.54, 1.807) is 6.21 Å². The molecule has 0 fully saturated rings. The highest BCUT2D eigenvalue weighted by molar-refractivity contribution is 5.80. The van der Waals surface area contributed by atoms with Crippen LogP contribution in [0, 0.1) is 5.92 Å². The Labute approximate surface area is 120 Å². The highest BCUT2D eigenvalue weighted by atomic mass is 16.5. The van der Waals surface area contributed by atoms with Crippen molar-refractivity contribution in [1.29, 1.82) is 0 Å². The minimum Gasteiger partial charge on any atom is -0.493 e. The first kappa shape index (κ1) is 14.1. The van der Waals surface area contributed by atoms with E-state index in [0.29, 0.717) is 5.92 Å². The van der Waals surface area contributed by atoms with Gasteiger partial charge in [-0.25, -0.2) is 0 Å². The summed E-state index contributed by atoms with van der Waals surface area (Å²) < 4.78 is 5.64. The second-order valence-corrected chi connectivity index (χ2v) is 5.01. The number of nitrogens with one attached hydrogen (secondary N) is 1. The van der Waals surface area contributed by atoms with Crippen molar-refractivity contribution < 1.29 is 4.74 Å². The van der Waals surface area contributed by atoms with Crippen molar-refractivity contribution in [3.63, 3.8) is 0 Å². The first-order valence-electron chi connectivity index (χ1n) is 6.81. The minimum absolute atomic E-state index is 0.534. The first-order valence-corrected chi connectivity index (χ1v) is 6.81. The average molecular weight is 268 g/mol. The summed E-state index contributed by atoms with van der Waals surface area (Å²) in [6, 6.07) is 17.8. The van der Waals surface area contributed by atoms with Gasteiger partial charge in [0.05, 0.1) is 18.5 Å². The third-order valence-corrected chi connectivity index (χ3v) is 2.64. The SMILES string of the molecule is CC(C)COc1ccc(/C=N\Nc2ccccc2)cc1. The van der Waals surface area contributed by atoms with Gasteiger partial charge in [-0.05, 0) is 47.9 Å². The molecule has 0 aromatic heterocycles. The van der Waals surface area contributed by atoms with E-state index in [1.165, 1.54) is 0 Å². The Kier molecular flexibility index (Phi) is 5.18. The zero-order valence-electron chi connectivity index (χ0n) is 11.9. The van der Waals surface area contributed by atoms with Crippen LogP contribution in [0.25, 0.3) is 0 Å². The Bertz CT molecular complexity index is 533. The molecule has 0 radical (unpaired) electrons. The molecule has 2 aromatic carbocycles. The monoisotopic (exact) mass is 268 g/mol. The fraction of sp³-hybridized carbons (Fsp3) is 0.235. The second kappa shape index (κ2) is 7.34. The lowest BCUT2D eigenvalue weighted by atomic mass is 10.2. The van der Waals surface area contributed by atoms with E-state index in [4.69, 9.17) is 4.74 Å². The smallest absolute Gasteiger partial charge is 0.119 e. The molecule has 0 aliphatic rings. The van der Waals surface area contributed by atoms with Crippen LogP contribution in [0.4, 0.5) is 5.69 Å². The number of benzene rings is 2. The maximum absolute atomic E-state index is 5.64. The average Bonchev–Trinajstić information content (AvgIpc) is 2.47. The summed E-state index contributed by atoms with van der Waals surface area (Å²) in [6.07, 6.45) is 1.79. The fourth-order valence-electron chi connectivity index (χ4n) is 1.61. The predicted octanol–water partition coefficient (Wildman–Crippen LogP) is 4.17. The molecule has 2 aromatic rings. The van der Waals surface area contributed by atoms with Crippen molar-refractivity contribution in [2.24, 2.45) is 11.0 Å². The third-order valence-electron chi connectivity index (χ3n) is 2.64. The summed E-state index contributed by atoms with van der Waals surface area (Å²) in [5.74, 6) is 1.43. The van der Waals surface area contributed by atoms with Gasteiger partial charge in [0, 0.05) is 0 Å². The number of ether oxygens (including phenoxy) is 1. The predicted molar refractivity (Wildman–Crippen MR) is 84.4 cm³/mol. The molecule has 20 heavy (non-hydrogen) atoms. The van der Waals surface area contributed by atoms with Crippen LogP contribution in [0.5, 0.6) is 5.75 Å². The molecular weight excluding hydrogens is 248 g/mol. The number of para-hydroxylation sites is 1. The summed E-state index contributed by atoms with van der Waals surface area (Å²) in [4.78, 5) is 0. The number of hydrogen-bond donors (Lipinski definition) is 1. The number of rotatable bonds is 6. The van der Waals surface area contributed by atoms with Crippen molar-refractivity contribution in [3.05, 3.63) is 60.2 Å². The van der Waals surface area contributed by atoms with Gasteiger partial charge >= 0.3 is 0 Å². The molecule has 0 heterocycles. The van der Waals surface area contributed by atoms with Gasteiger partial charge in [0.2, 0.25) is 0 Å². The van der Waals surface area contributed by atoms with Gasteiger partial charge in [-0.3, -0.25) is 5.43 Å². The molecule has 0 aliphatic heterocycles. The van der Waals surface area contributed by atoms with Gasteiger partial charge in [0.15, 0.2) is 0 Å². The van der Waals surface area contributed by atoms with Crippen LogP contribution in [0.1, 0.15) is 19.4 Å². The van der Waals surface area contributed by atoms with Crippen molar-refractivity contribution in [1.82, 2.24) is 0 Å². The fourth-order valence-corrected chi connectivity index (χ4v) is 1.61. The number of nitrogens with zero attached hydrogens (tertiary/aromatic N) is 1. The maximum atomic E-state index is 5.64. The summed E-state index contributed by atoms with van der Waals surface area (Å²) in [5, 5.41) is 4.20. The van der Waals surface area contributed by atoms with E-state index in [0.717, 1.165) is 23.6 Å². The summed E-state index contributed by atoms with van der Waals surface area (Å²) in [7, 11) is 0. The largest absolute Gasteiger partial charge is 0.493 e. The molecule has 104 valence electrons. The van der Waals surface area contributed by atoms with Gasteiger partial charge in [0.25, 0.3) is 0 Å². The Balaban J connectivity index is 1.87. The van der Waals surface area contributed by atoms with Crippen molar-refractivity contribution in [2.75, 3.05) is 12.0 Å². The minimum atomic E-state index is 0.534. The molecule has 3 heteroatoms. The van der Waals surface area contributed by atoms with Crippen LogP contribution in [0.2, 0.25) is 0 Å². The Morgan fingerprint density at radius 3 is 2.40 bits per heavy atom. The Morgan fingerprint density at radius 1 is 1.05 bits per heavy atom. The molecule has 0 unspecified atom stereocenters. The molecule has 0 atom stereocenters.